The van der Waals surface area contributed by atoms with Gasteiger partial charge in [-0.05, 0) is 23.8 Å². The lowest BCUT2D eigenvalue weighted by molar-refractivity contribution is 0.305. The van der Waals surface area contributed by atoms with E-state index >= 15 is 0 Å². The van der Waals surface area contributed by atoms with Crippen molar-refractivity contribution in [3.8, 4) is 17.1 Å². The second-order valence-electron chi connectivity index (χ2n) is 5.94. The van der Waals surface area contributed by atoms with E-state index < -0.39 is 0 Å². The van der Waals surface area contributed by atoms with E-state index in [-0.39, 0.29) is 0 Å². The zero-order valence-electron chi connectivity index (χ0n) is 14.6. The predicted molar refractivity (Wildman–Crippen MR) is 108 cm³/mol. The SMILES string of the molecule is c1ccc(-c2nsc(NCc3ccc(OCc4cccnc4)cc3)n2)cc1. The molecule has 134 valence electrons. The van der Waals surface area contributed by atoms with Gasteiger partial charge in [0.25, 0.3) is 0 Å². The minimum absolute atomic E-state index is 0.512. The van der Waals surface area contributed by atoms with Crippen molar-refractivity contribution in [2.75, 3.05) is 5.32 Å². The fourth-order valence-corrected chi connectivity index (χ4v) is 3.11. The van der Waals surface area contributed by atoms with Crippen LogP contribution in [0.25, 0.3) is 11.4 Å². The maximum absolute atomic E-state index is 5.78. The van der Waals surface area contributed by atoms with Crippen LogP contribution in [0.5, 0.6) is 5.75 Å². The summed E-state index contributed by atoms with van der Waals surface area (Å²) in [5.74, 6) is 1.59. The molecule has 6 heteroatoms. The van der Waals surface area contributed by atoms with E-state index in [0.717, 1.165) is 33.4 Å². The number of pyridine rings is 1. The zero-order valence-corrected chi connectivity index (χ0v) is 15.4. The summed E-state index contributed by atoms with van der Waals surface area (Å²) in [6.07, 6.45) is 3.57. The first kappa shape index (κ1) is 17.2. The molecule has 2 heterocycles. The van der Waals surface area contributed by atoms with Crippen molar-refractivity contribution >= 4 is 16.7 Å². The Hall–Kier alpha value is -3.25. The van der Waals surface area contributed by atoms with E-state index in [1.54, 1.807) is 6.20 Å². The highest BCUT2D eigenvalue weighted by Crippen LogP contribution is 2.21. The Labute approximate surface area is 161 Å². The number of nitrogens with one attached hydrogen (secondary N) is 1. The van der Waals surface area contributed by atoms with Gasteiger partial charge in [-0.3, -0.25) is 4.98 Å². The Morgan fingerprint density at radius 3 is 2.52 bits per heavy atom. The minimum Gasteiger partial charge on any atom is -0.489 e. The molecule has 0 fully saturated rings. The van der Waals surface area contributed by atoms with Gasteiger partial charge in [-0.25, -0.2) is 0 Å². The van der Waals surface area contributed by atoms with Gasteiger partial charge in [0, 0.05) is 41.6 Å². The van der Waals surface area contributed by atoms with Crippen LogP contribution in [0.15, 0.2) is 79.1 Å². The van der Waals surface area contributed by atoms with Gasteiger partial charge in [-0.2, -0.15) is 9.36 Å². The molecule has 0 amide bonds. The molecular formula is C21H18N4OS. The van der Waals surface area contributed by atoms with E-state index in [1.807, 2.05) is 72.9 Å². The van der Waals surface area contributed by atoms with Crippen molar-refractivity contribution in [1.29, 1.82) is 0 Å². The first-order valence-corrected chi connectivity index (χ1v) is 9.38. The van der Waals surface area contributed by atoms with Gasteiger partial charge in [0.1, 0.15) is 12.4 Å². The van der Waals surface area contributed by atoms with Crippen molar-refractivity contribution in [1.82, 2.24) is 14.3 Å². The third-order valence-electron chi connectivity index (χ3n) is 3.95. The maximum Gasteiger partial charge on any atom is 0.203 e. The normalized spacial score (nSPS) is 10.5. The van der Waals surface area contributed by atoms with Gasteiger partial charge in [0.2, 0.25) is 5.13 Å². The summed E-state index contributed by atoms with van der Waals surface area (Å²) in [6.45, 7) is 1.20. The fraction of sp³-hybridized carbons (Fsp3) is 0.0952. The zero-order chi connectivity index (χ0) is 18.3. The van der Waals surface area contributed by atoms with Crippen LogP contribution in [0.3, 0.4) is 0 Å². The summed E-state index contributed by atoms with van der Waals surface area (Å²) in [5.41, 5.74) is 3.23. The molecular weight excluding hydrogens is 356 g/mol. The fourth-order valence-electron chi connectivity index (χ4n) is 2.53. The highest BCUT2D eigenvalue weighted by molar-refractivity contribution is 7.09. The van der Waals surface area contributed by atoms with Crippen molar-refractivity contribution in [2.24, 2.45) is 0 Å². The van der Waals surface area contributed by atoms with Crippen LogP contribution in [-0.4, -0.2) is 14.3 Å². The van der Waals surface area contributed by atoms with Crippen LogP contribution in [-0.2, 0) is 13.2 Å². The molecule has 0 aliphatic heterocycles. The third-order valence-corrected chi connectivity index (χ3v) is 4.63. The summed E-state index contributed by atoms with van der Waals surface area (Å²) in [5, 5.41) is 4.14. The number of hydrogen-bond donors (Lipinski definition) is 1. The predicted octanol–water partition coefficient (Wildman–Crippen LogP) is 4.79. The van der Waals surface area contributed by atoms with Crippen LogP contribution in [0, 0.1) is 0 Å². The van der Waals surface area contributed by atoms with Gasteiger partial charge in [0.15, 0.2) is 5.82 Å². The van der Waals surface area contributed by atoms with E-state index in [4.69, 9.17) is 4.74 Å². The van der Waals surface area contributed by atoms with E-state index in [2.05, 4.69) is 19.7 Å². The Balaban J connectivity index is 1.31. The average Bonchev–Trinajstić information content (AvgIpc) is 3.22. The van der Waals surface area contributed by atoms with Crippen LogP contribution in [0.4, 0.5) is 5.13 Å². The molecule has 0 atom stereocenters. The van der Waals surface area contributed by atoms with Gasteiger partial charge >= 0.3 is 0 Å². The largest absolute Gasteiger partial charge is 0.489 e. The standard InChI is InChI=1S/C21H18N4OS/c1-2-6-18(7-3-1)20-24-21(27-25-20)23-14-16-8-10-19(11-9-16)26-15-17-5-4-12-22-13-17/h1-13H,14-15H2,(H,23,24,25). The number of hydrogen-bond acceptors (Lipinski definition) is 6. The van der Waals surface area contributed by atoms with Crippen LogP contribution in [0.2, 0.25) is 0 Å². The summed E-state index contributed by atoms with van der Waals surface area (Å²) < 4.78 is 10.2. The summed E-state index contributed by atoms with van der Waals surface area (Å²) in [7, 11) is 0. The molecule has 5 nitrogen and oxygen atoms in total. The number of aromatic nitrogens is 3. The lowest BCUT2D eigenvalue weighted by atomic mass is 10.2. The molecule has 0 bridgehead atoms. The van der Waals surface area contributed by atoms with E-state index in [1.165, 1.54) is 11.5 Å². The van der Waals surface area contributed by atoms with Gasteiger partial charge in [-0.15, -0.1) is 0 Å². The smallest absolute Gasteiger partial charge is 0.203 e. The van der Waals surface area contributed by atoms with Crippen LogP contribution < -0.4 is 10.1 Å². The van der Waals surface area contributed by atoms with Gasteiger partial charge < -0.3 is 10.1 Å². The number of nitrogens with zero attached hydrogens (tertiary/aromatic N) is 3. The molecule has 0 aliphatic carbocycles. The van der Waals surface area contributed by atoms with Crippen molar-refractivity contribution in [3.05, 3.63) is 90.3 Å². The molecule has 27 heavy (non-hydrogen) atoms. The lowest BCUT2D eigenvalue weighted by Crippen LogP contribution is -1.99. The monoisotopic (exact) mass is 374 g/mol. The number of anilines is 1. The number of ether oxygens (including phenoxy) is 1. The van der Waals surface area contributed by atoms with Gasteiger partial charge in [0.05, 0.1) is 0 Å². The molecule has 0 saturated carbocycles. The second-order valence-corrected chi connectivity index (χ2v) is 6.69. The molecule has 1 N–H and O–H groups in total. The third kappa shape index (κ3) is 4.68. The first-order chi connectivity index (χ1) is 13.4. The molecule has 0 radical (unpaired) electrons. The van der Waals surface area contributed by atoms with Crippen LogP contribution >= 0.6 is 11.5 Å². The molecule has 0 aliphatic rings. The summed E-state index contributed by atoms with van der Waals surface area (Å²) in [4.78, 5) is 8.63. The van der Waals surface area contributed by atoms with Crippen molar-refractivity contribution < 1.29 is 4.74 Å². The van der Waals surface area contributed by atoms with Crippen molar-refractivity contribution in [3.63, 3.8) is 0 Å². The molecule has 2 aromatic carbocycles. The molecule has 4 aromatic rings. The molecule has 0 spiro atoms. The molecule has 4 rings (SSSR count). The molecule has 0 saturated heterocycles. The highest BCUT2D eigenvalue weighted by atomic mass is 32.1. The lowest BCUT2D eigenvalue weighted by Gasteiger charge is -2.07. The highest BCUT2D eigenvalue weighted by Gasteiger charge is 2.06. The summed E-state index contributed by atoms with van der Waals surface area (Å²) in [6, 6.07) is 21.9. The van der Waals surface area contributed by atoms with Gasteiger partial charge in [-0.1, -0.05) is 48.5 Å². The maximum atomic E-state index is 5.78. The molecule has 0 unspecified atom stereocenters. The van der Waals surface area contributed by atoms with Crippen molar-refractivity contribution in [2.45, 2.75) is 13.2 Å². The van der Waals surface area contributed by atoms with E-state index in [0.29, 0.717) is 13.2 Å². The topological polar surface area (TPSA) is 59.9 Å². The van der Waals surface area contributed by atoms with E-state index in [9.17, 15) is 0 Å². The second kappa shape index (κ2) is 8.42. The Kier molecular flexibility index (Phi) is 5.36. The average molecular weight is 374 g/mol. The Bertz CT molecular complexity index is 972. The summed E-state index contributed by atoms with van der Waals surface area (Å²) >= 11 is 1.37. The Morgan fingerprint density at radius 1 is 0.889 bits per heavy atom. The quantitative estimate of drug-likeness (QED) is 0.504. The molecule has 2 aromatic heterocycles. The Morgan fingerprint density at radius 2 is 1.74 bits per heavy atom. The number of benzene rings is 2. The minimum atomic E-state index is 0.512. The van der Waals surface area contributed by atoms with Crippen LogP contribution in [0.1, 0.15) is 11.1 Å². The number of rotatable bonds is 7. The first-order valence-electron chi connectivity index (χ1n) is 8.60.